The summed E-state index contributed by atoms with van der Waals surface area (Å²) in [6.45, 7) is 3.89. The molecule has 1 amide bonds. The molecule has 7 nitrogen and oxygen atoms in total. The molecule has 0 fully saturated rings. The van der Waals surface area contributed by atoms with E-state index < -0.39 is 4.92 Å². The van der Waals surface area contributed by atoms with Crippen molar-refractivity contribution in [2.75, 3.05) is 10.2 Å². The lowest BCUT2D eigenvalue weighted by molar-refractivity contribution is -0.385. The maximum Gasteiger partial charge on any atom is 0.287 e. The molecule has 1 aromatic heterocycles. The van der Waals surface area contributed by atoms with E-state index in [1.54, 1.807) is 6.07 Å². The minimum Gasteiger partial charge on any atom is -0.363 e. The highest BCUT2D eigenvalue weighted by atomic mass is 16.6. The standard InChI is InChI=1S/C18H20N4O3/c1-3-18(23)21-12(2)10-15(14-6-4-5-7-16(14)21)20-17-9-8-13(11-19-17)22(24)25/h4-9,11-12,15H,3,10H2,1-2H3,(H,19,20)/t12-,15+/m0/s1. The number of para-hydroxylation sites is 1. The lowest BCUT2D eigenvalue weighted by Crippen LogP contribution is -2.44. The van der Waals surface area contributed by atoms with Gasteiger partial charge in [0.05, 0.1) is 11.0 Å². The van der Waals surface area contributed by atoms with Crippen LogP contribution < -0.4 is 10.2 Å². The minimum absolute atomic E-state index is 0.0129. The molecule has 130 valence electrons. The highest BCUT2D eigenvalue weighted by Gasteiger charge is 2.32. The Morgan fingerprint density at radius 3 is 2.76 bits per heavy atom. The Bertz CT molecular complexity index is 791. The molecule has 1 N–H and O–H groups in total. The van der Waals surface area contributed by atoms with E-state index in [1.807, 2.05) is 43.0 Å². The maximum atomic E-state index is 12.3. The van der Waals surface area contributed by atoms with Crippen molar-refractivity contribution in [1.82, 2.24) is 4.98 Å². The molecule has 0 radical (unpaired) electrons. The first-order valence-corrected chi connectivity index (χ1v) is 8.29. The van der Waals surface area contributed by atoms with E-state index in [9.17, 15) is 14.9 Å². The predicted octanol–water partition coefficient (Wildman–Crippen LogP) is 3.68. The monoisotopic (exact) mass is 340 g/mol. The second-order valence-corrected chi connectivity index (χ2v) is 6.12. The van der Waals surface area contributed by atoms with Gasteiger partial charge in [-0.3, -0.25) is 14.9 Å². The molecular formula is C18H20N4O3. The summed E-state index contributed by atoms with van der Waals surface area (Å²) in [7, 11) is 0. The van der Waals surface area contributed by atoms with Gasteiger partial charge in [0.2, 0.25) is 5.91 Å². The van der Waals surface area contributed by atoms with Gasteiger partial charge in [0.1, 0.15) is 12.0 Å². The number of carbonyl (C=O) groups excluding carboxylic acids is 1. The Balaban J connectivity index is 1.89. The van der Waals surface area contributed by atoms with Gasteiger partial charge in [-0.25, -0.2) is 4.98 Å². The van der Waals surface area contributed by atoms with E-state index in [-0.39, 0.29) is 23.7 Å². The van der Waals surface area contributed by atoms with Crippen molar-refractivity contribution in [3.63, 3.8) is 0 Å². The number of anilines is 2. The van der Waals surface area contributed by atoms with Gasteiger partial charge < -0.3 is 10.2 Å². The van der Waals surface area contributed by atoms with Crippen LogP contribution >= 0.6 is 0 Å². The number of benzene rings is 1. The molecule has 0 saturated heterocycles. The summed E-state index contributed by atoms with van der Waals surface area (Å²) in [5, 5.41) is 14.1. The number of carbonyl (C=O) groups is 1. The topological polar surface area (TPSA) is 88.4 Å². The average molecular weight is 340 g/mol. The van der Waals surface area contributed by atoms with E-state index in [4.69, 9.17) is 0 Å². The Morgan fingerprint density at radius 1 is 1.36 bits per heavy atom. The fourth-order valence-corrected chi connectivity index (χ4v) is 3.26. The van der Waals surface area contributed by atoms with E-state index in [0.717, 1.165) is 17.7 Å². The van der Waals surface area contributed by atoms with Crippen LogP contribution in [0.15, 0.2) is 42.6 Å². The first kappa shape index (κ1) is 16.9. The van der Waals surface area contributed by atoms with Crippen molar-refractivity contribution < 1.29 is 9.72 Å². The van der Waals surface area contributed by atoms with Crippen LogP contribution in [0, 0.1) is 10.1 Å². The Morgan fingerprint density at radius 2 is 2.12 bits per heavy atom. The third-order valence-electron chi connectivity index (χ3n) is 4.44. The van der Waals surface area contributed by atoms with Crippen LogP contribution in [0.25, 0.3) is 0 Å². The van der Waals surface area contributed by atoms with Gasteiger partial charge in [-0.1, -0.05) is 25.1 Å². The number of nitrogens with one attached hydrogen (secondary N) is 1. The van der Waals surface area contributed by atoms with Crippen LogP contribution in [0.2, 0.25) is 0 Å². The fraction of sp³-hybridized carbons (Fsp3) is 0.333. The number of hydrogen-bond acceptors (Lipinski definition) is 5. The molecule has 3 rings (SSSR count). The lowest BCUT2D eigenvalue weighted by atomic mass is 9.91. The number of nitro groups is 1. The molecule has 2 aromatic rings. The van der Waals surface area contributed by atoms with Crippen LogP contribution in [0.4, 0.5) is 17.2 Å². The normalized spacial score (nSPS) is 19.2. The highest BCUT2D eigenvalue weighted by molar-refractivity contribution is 5.95. The van der Waals surface area contributed by atoms with Crippen molar-refractivity contribution in [3.8, 4) is 0 Å². The molecule has 2 heterocycles. The number of hydrogen-bond donors (Lipinski definition) is 1. The summed E-state index contributed by atoms with van der Waals surface area (Å²) in [6.07, 6.45) is 2.44. The molecule has 0 unspecified atom stereocenters. The smallest absolute Gasteiger partial charge is 0.287 e. The SMILES string of the molecule is CCC(=O)N1c2ccccc2[C@H](Nc2ccc([N+](=O)[O-])cn2)C[C@@H]1C. The van der Waals surface area contributed by atoms with Crippen LogP contribution in [0.3, 0.4) is 0 Å². The number of rotatable bonds is 4. The minimum atomic E-state index is -0.469. The van der Waals surface area contributed by atoms with Crippen LogP contribution in [0.1, 0.15) is 38.3 Å². The number of fused-ring (bicyclic) bond motifs is 1. The summed E-state index contributed by atoms with van der Waals surface area (Å²) < 4.78 is 0. The first-order valence-electron chi connectivity index (χ1n) is 8.29. The van der Waals surface area contributed by atoms with Crippen molar-refractivity contribution in [1.29, 1.82) is 0 Å². The fourth-order valence-electron chi connectivity index (χ4n) is 3.26. The Kier molecular flexibility index (Phi) is 4.65. The second kappa shape index (κ2) is 6.88. The summed E-state index contributed by atoms with van der Waals surface area (Å²) >= 11 is 0. The number of amides is 1. The molecule has 1 aliphatic heterocycles. The quantitative estimate of drug-likeness (QED) is 0.677. The zero-order valence-corrected chi connectivity index (χ0v) is 14.2. The average Bonchev–Trinajstić information content (AvgIpc) is 2.62. The molecule has 25 heavy (non-hydrogen) atoms. The summed E-state index contributed by atoms with van der Waals surface area (Å²) in [6, 6.07) is 10.9. The molecule has 0 saturated carbocycles. The number of nitrogens with zero attached hydrogens (tertiary/aromatic N) is 3. The van der Waals surface area contributed by atoms with Gasteiger partial charge in [0.15, 0.2) is 0 Å². The van der Waals surface area contributed by atoms with Crippen LogP contribution in [-0.4, -0.2) is 21.9 Å². The molecule has 1 aliphatic rings. The first-order chi connectivity index (χ1) is 12.0. The van der Waals surface area contributed by atoms with E-state index in [2.05, 4.69) is 10.3 Å². The maximum absolute atomic E-state index is 12.3. The molecule has 2 atom stereocenters. The number of pyridine rings is 1. The molecular weight excluding hydrogens is 320 g/mol. The van der Waals surface area contributed by atoms with Gasteiger partial charge in [-0.05, 0) is 31.0 Å². The van der Waals surface area contributed by atoms with E-state index in [0.29, 0.717) is 12.2 Å². The third-order valence-corrected chi connectivity index (χ3v) is 4.44. The molecule has 0 bridgehead atoms. The highest BCUT2D eigenvalue weighted by Crippen LogP contribution is 2.38. The summed E-state index contributed by atoms with van der Waals surface area (Å²) in [5.41, 5.74) is 1.90. The van der Waals surface area contributed by atoms with E-state index >= 15 is 0 Å². The third kappa shape index (κ3) is 3.31. The van der Waals surface area contributed by atoms with Gasteiger partial charge in [0.25, 0.3) is 5.69 Å². The van der Waals surface area contributed by atoms with Crippen LogP contribution in [-0.2, 0) is 4.79 Å². The zero-order valence-electron chi connectivity index (χ0n) is 14.2. The Hall–Kier alpha value is -2.96. The Labute approximate surface area is 145 Å². The van der Waals surface area contributed by atoms with E-state index in [1.165, 1.54) is 12.3 Å². The predicted molar refractivity (Wildman–Crippen MR) is 95.6 cm³/mol. The van der Waals surface area contributed by atoms with Crippen molar-refractivity contribution in [2.24, 2.45) is 0 Å². The lowest BCUT2D eigenvalue weighted by Gasteiger charge is -2.39. The summed E-state index contributed by atoms with van der Waals surface area (Å²) in [5.74, 6) is 0.680. The largest absolute Gasteiger partial charge is 0.363 e. The van der Waals surface area contributed by atoms with Gasteiger partial charge in [-0.15, -0.1) is 0 Å². The molecule has 1 aromatic carbocycles. The van der Waals surface area contributed by atoms with Crippen LogP contribution in [0.5, 0.6) is 0 Å². The van der Waals surface area contributed by atoms with Crippen molar-refractivity contribution in [3.05, 3.63) is 58.3 Å². The second-order valence-electron chi connectivity index (χ2n) is 6.12. The van der Waals surface area contributed by atoms with Crippen molar-refractivity contribution >= 4 is 23.1 Å². The summed E-state index contributed by atoms with van der Waals surface area (Å²) in [4.78, 5) is 28.6. The van der Waals surface area contributed by atoms with Crippen molar-refractivity contribution in [2.45, 2.75) is 38.8 Å². The number of aromatic nitrogens is 1. The van der Waals surface area contributed by atoms with Gasteiger partial charge in [-0.2, -0.15) is 0 Å². The molecule has 7 heteroatoms. The molecule has 0 spiro atoms. The van der Waals surface area contributed by atoms with Gasteiger partial charge >= 0.3 is 0 Å². The zero-order chi connectivity index (χ0) is 18.0. The van der Waals surface area contributed by atoms with Gasteiger partial charge in [0, 0.05) is 24.2 Å². The molecule has 0 aliphatic carbocycles.